The number of benzene rings is 1. The molecule has 23 heavy (non-hydrogen) atoms. The number of ether oxygens (including phenoxy) is 3. The van der Waals surface area contributed by atoms with E-state index in [0.29, 0.717) is 34.7 Å². The third-order valence-electron chi connectivity index (χ3n) is 3.52. The van der Waals surface area contributed by atoms with Gasteiger partial charge in [-0.25, -0.2) is 0 Å². The van der Waals surface area contributed by atoms with E-state index in [4.69, 9.17) is 19.3 Å². The summed E-state index contributed by atoms with van der Waals surface area (Å²) >= 11 is 3.36. The summed E-state index contributed by atoms with van der Waals surface area (Å²) in [5, 5.41) is 8.85. The van der Waals surface area contributed by atoms with Crippen molar-refractivity contribution in [3.05, 3.63) is 22.2 Å². The molecule has 1 fully saturated rings. The highest BCUT2D eigenvalue weighted by Crippen LogP contribution is 2.36. The van der Waals surface area contributed by atoms with Gasteiger partial charge in [-0.3, -0.25) is 9.59 Å². The molecule has 1 amide bonds. The van der Waals surface area contributed by atoms with E-state index in [1.165, 1.54) is 14.2 Å². The highest BCUT2D eigenvalue weighted by molar-refractivity contribution is 9.10. The third kappa shape index (κ3) is 4.14. The first-order valence-electron chi connectivity index (χ1n) is 7.00. The Morgan fingerprint density at radius 2 is 1.96 bits per heavy atom. The van der Waals surface area contributed by atoms with Crippen LogP contribution >= 0.6 is 15.9 Å². The fraction of sp³-hybridized carbons (Fsp3) is 0.467. The number of methoxy groups -OCH3 is 2. The molecule has 1 aromatic carbocycles. The third-order valence-corrected chi connectivity index (χ3v) is 4.30. The summed E-state index contributed by atoms with van der Waals surface area (Å²) in [6, 6.07) is 3.24. The molecule has 0 radical (unpaired) electrons. The monoisotopic (exact) mass is 387 g/mol. The quantitative estimate of drug-likeness (QED) is 0.828. The van der Waals surface area contributed by atoms with Crippen molar-refractivity contribution < 1.29 is 28.9 Å². The second-order valence-electron chi connectivity index (χ2n) is 5.04. The first-order chi connectivity index (χ1) is 11.0. The van der Waals surface area contributed by atoms with Gasteiger partial charge in [-0.05, 0) is 28.1 Å². The summed E-state index contributed by atoms with van der Waals surface area (Å²) in [4.78, 5) is 25.1. The van der Waals surface area contributed by atoms with Gasteiger partial charge in [-0.1, -0.05) is 0 Å². The summed E-state index contributed by atoms with van der Waals surface area (Å²) < 4.78 is 16.5. The number of rotatable bonds is 5. The van der Waals surface area contributed by atoms with Crippen LogP contribution in [0.3, 0.4) is 0 Å². The Morgan fingerprint density at radius 1 is 1.35 bits per heavy atom. The van der Waals surface area contributed by atoms with E-state index < -0.39 is 12.1 Å². The smallest absolute Gasteiger partial charge is 0.306 e. The number of aliphatic carboxylic acids is 1. The van der Waals surface area contributed by atoms with Crippen LogP contribution in [-0.4, -0.2) is 61.9 Å². The van der Waals surface area contributed by atoms with Crippen molar-refractivity contribution in [2.24, 2.45) is 0 Å². The van der Waals surface area contributed by atoms with Gasteiger partial charge in [0, 0.05) is 18.7 Å². The zero-order chi connectivity index (χ0) is 17.0. The molecule has 1 aromatic rings. The largest absolute Gasteiger partial charge is 0.495 e. The first kappa shape index (κ1) is 17.6. The van der Waals surface area contributed by atoms with Crippen molar-refractivity contribution >= 4 is 27.8 Å². The molecular weight excluding hydrogens is 370 g/mol. The zero-order valence-corrected chi connectivity index (χ0v) is 14.5. The second-order valence-corrected chi connectivity index (χ2v) is 5.83. The number of halogens is 1. The van der Waals surface area contributed by atoms with E-state index in [9.17, 15) is 9.59 Å². The average molecular weight is 388 g/mol. The fourth-order valence-corrected chi connectivity index (χ4v) is 2.95. The maximum Gasteiger partial charge on any atom is 0.306 e. The molecule has 0 aromatic heterocycles. The Kier molecular flexibility index (Phi) is 5.84. The molecule has 8 heteroatoms. The van der Waals surface area contributed by atoms with Crippen molar-refractivity contribution in [1.29, 1.82) is 0 Å². The molecule has 0 saturated carbocycles. The van der Waals surface area contributed by atoms with E-state index in [0.717, 1.165) is 0 Å². The highest BCUT2D eigenvalue weighted by atomic mass is 79.9. The summed E-state index contributed by atoms with van der Waals surface area (Å²) in [5.74, 6) is -0.185. The fourth-order valence-electron chi connectivity index (χ4n) is 2.40. The van der Waals surface area contributed by atoms with E-state index in [2.05, 4.69) is 15.9 Å². The van der Waals surface area contributed by atoms with Gasteiger partial charge in [0.05, 0.1) is 33.4 Å². The van der Waals surface area contributed by atoms with Gasteiger partial charge in [0.1, 0.15) is 16.0 Å². The van der Waals surface area contributed by atoms with Crippen molar-refractivity contribution in [3.63, 3.8) is 0 Å². The van der Waals surface area contributed by atoms with E-state index in [-0.39, 0.29) is 18.9 Å². The van der Waals surface area contributed by atoms with Crippen LogP contribution in [0.1, 0.15) is 16.8 Å². The molecule has 1 N–H and O–H groups in total. The number of amides is 1. The molecule has 1 aliphatic heterocycles. The van der Waals surface area contributed by atoms with Crippen molar-refractivity contribution in [1.82, 2.24) is 4.90 Å². The predicted octanol–water partition coefficient (Wildman–Crippen LogP) is 1.78. The van der Waals surface area contributed by atoms with Gasteiger partial charge >= 0.3 is 5.97 Å². The molecular formula is C15H18BrNO6. The maximum absolute atomic E-state index is 12.7. The zero-order valence-electron chi connectivity index (χ0n) is 12.9. The van der Waals surface area contributed by atoms with Gasteiger partial charge in [0.15, 0.2) is 0 Å². The van der Waals surface area contributed by atoms with Crippen molar-refractivity contribution in [2.75, 3.05) is 33.9 Å². The van der Waals surface area contributed by atoms with Gasteiger partial charge < -0.3 is 24.2 Å². The van der Waals surface area contributed by atoms with Crippen LogP contribution in [0.4, 0.5) is 0 Å². The maximum atomic E-state index is 12.7. The molecule has 0 unspecified atom stereocenters. The molecule has 0 spiro atoms. The lowest BCUT2D eigenvalue weighted by atomic mass is 10.1. The topological polar surface area (TPSA) is 85.3 Å². The number of nitrogens with zero attached hydrogens (tertiary/aromatic N) is 1. The van der Waals surface area contributed by atoms with Crippen LogP contribution in [0.5, 0.6) is 11.5 Å². The number of hydrogen-bond acceptors (Lipinski definition) is 5. The number of hydrogen-bond donors (Lipinski definition) is 1. The first-order valence-corrected chi connectivity index (χ1v) is 7.79. The molecule has 2 rings (SSSR count). The van der Waals surface area contributed by atoms with Gasteiger partial charge in [0.2, 0.25) is 0 Å². The highest BCUT2D eigenvalue weighted by Gasteiger charge is 2.27. The Balaban J connectivity index is 2.21. The minimum absolute atomic E-state index is 0.128. The number of carbonyl (C=O) groups excluding carboxylic acids is 1. The Labute approximate surface area is 142 Å². The summed E-state index contributed by atoms with van der Waals surface area (Å²) in [6.45, 7) is 0.968. The van der Waals surface area contributed by atoms with Crippen LogP contribution in [0.15, 0.2) is 16.6 Å². The number of carbonyl (C=O) groups is 2. The molecule has 1 saturated heterocycles. The van der Waals surface area contributed by atoms with Crippen LogP contribution in [0.25, 0.3) is 0 Å². The normalized spacial score (nSPS) is 17.7. The van der Waals surface area contributed by atoms with Crippen LogP contribution in [-0.2, 0) is 9.53 Å². The molecule has 1 heterocycles. The van der Waals surface area contributed by atoms with Crippen LogP contribution < -0.4 is 9.47 Å². The summed E-state index contributed by atoms with van der Waals surface area (Å²) in [7, 11) is 3.01. The Bertz CT molecular complexity index is 581. The van der Waals surface area contributed by atoms with Crippen LogP contribution in [0, 0.1) is 0 Å². The minimum atomic E-state index is -0.948. The summed E-state index contributed by atoms with van der Waals surface area (Å²) in [5.41, 5.74) is 0.415. The van der Waals surface area contributed by atoms with E-state index in [1.807, 2.05) is 0 Å². The molecule has 1 aliphatic rings. The van der Waals surface area contributed by atoms with Gasteiger partial charge in [0.25, 0.3) is 5.91 Å². The van der Waals surface area contributed by atoms with Crippen LogP contribution in [0.2, 0.25) is 0 Å². The minimum Gasteiger partial charge on any atom is -0.495 e. The number of morpholine rings is 1. The Morgan fingerprint density at radius 3 is 2.48 bits per heavy atom. The number of carboxylic acid groups (broad SMARTS) is 1. The van der Waals surface area contributed by atoms with E-state index >= 15 is 0 Å². The van der Waals surface area contributed by atoms with Crippen molar-refractivity contribution in [3.8, 4) is 11.5 Å². The molecule has 0 aliphatic carbocycles. The molecule has 0 bridgehead atoms. The SMILES string of the molecule is COc1cc(C(=O)N2CCO[C@@H](CC(=O)O)C2)cc(OC)c1Br. The molecule has 7 nitrogen and oxygen atoms in total. The number of carboxylic acids is 1. The lowest BCUT2D eigenvalue weighted by molar-refractivity contribution is -0.141. The lowest BCUT2D eigenvalue weighted by Crippen LogP contribution is -2.46. The standard InChI is InChI=1S/C15H18BrNO6/c1-21-11-5-9(6-12(22-2)14(11)16)15(20)17-3-4-23-10(8-17)7-13(18)19/h5-6,10H,3-4,7-8H2,1-2H3,(H,18,19)/t10-/m0/s1. The summed E-state index contributed by atoms with van der Waals surface area (Å²) in [6.07, 6.45) is -0.624. The second kappa shape index (κ2) is 7.65. The van der Waals surface area contributed by atoms with E-state index in [1.54, 1.807) is 17.0 Å². The molecule has 126 valence electrons. The Hall–Kier alpha value is -1.80. The predicted molar refractivity (Wildman–Crippen MR) is 85.1 cm³/mol. The van der Waals surface area contributed by atoms with Gasteiger partial charge in [-0.15, -0.1) is 0 Å². The lowest BCUT2D eigenvalue weighted by Gasteiger charge is -2.32. The molecule has 1 atom stereocenters. The van der Waals surface area contributed by atoms with Gasteiger partial charge in [-0.2, -0.15) is 0 Å². The average Bonchev–Trinajstić information content (AvgIpc) is 2.54. The van der Waals surface area contributed by atoms with Crippen molar-refractivity contribution in [2.45, 2.75) is 12.5 Å².